The van der Waals surface area contributed by atoms with Gasteiger partial charge in [0.2, 0.25) is 11.9 Å². The van der Waals surface area contributed by atoms with E-state index in [-0.39, 0.29) is 11.9 Å². The van der Waals surface area contributed by atoms with E-state index >= 15 is 0 Å². The van der Waals surface area contributed by atoms with Crippen LogP contribution in [0, 0.1) is 12.8 Å². The van der Waals surface area contributed by atoms with Gasteiger partial charge in [0.1, 0.15) is 0 Å². The Bertz CT molecular complexity index is 682. The van der Waals surface area contributed by atoms with Crippen molar-refractivity contribution in [3.05, 3.63) is 35.4 Å². The molecule has 0 aromatic heterocycles. The summed E-state index contributed by atoms with van der Waals surface area (Å²) in [6.45, 7) is 6.60. The van der Waals surface area contributed by atoms with E-state index in [9.17, 15) is 0 Å². The molecule has 0 bridgehead atoms. The normalized spacial score (nSPS) is 26.1. The van der Waals surface area contributed by atoms with E-state index in [0.29, 0.717) is 18.4 Å². The summed E-state index contributed by atoms with van der Waals surface area (Å²) in [5.74, 6) is 1.57. The Labute approximate surface area is 149 Å². The summed E-state index contributed by atoms with van der Waals surface area (Å²) in [4.78, 5) is 14.4. The molecule has 0 radical (unpaired) electrons. The smallest absolute Gasteiger partial charge is 0.226 e. The number of hydrogen-bond acceptors (Lipinski definition) is 6. The van der Waals surface area contributed by atoms with Crippen molar-refractivity contribution in [1.29, 1.82) is 0 Å². The minimum Gasteiger partial charge on any atom is -0.368 e. The monoisotopic (exact) mass is 343 g/mol. The second-order valence-corrected chi connectivity index (χ2v) is 7.67. The molecule has 6 nitrogen and oxygen atoms in total. The third kappa shape index (κ3) is 4.12. The molecule has 1 aliphatic heterocycles. The van der Waals surface area contributed by atoms with Crippen LogP contribution in [0.5, 0.6) is 0 Å². The molecule has 0 spiro atoms. The molecule has 6 heteroatoms. The van der Waals surface area contributed by atoms with Crippen molar-refractivity contribution < 1.29 is 4.84 Å². The number of benzene rings is 1. The second kappa shape index (κ2) is 7.04. The first-order chi connectivity index (χ1) is 11.8. The number of aliphatic imine (C=N–C) groups is 2. The molecule has 1 aliphatic carbocycles. The first-order valence-corrected chi connectivity index (χ1v) is 9.04. The predicted molar refractivity (Wildman–Crippen MR) is 101 cm³/mol. The van der Waals surface area contributed by atoms with Gasteiger partial charge in [0.25, 0.3) is 0 Å². The lowest BCUT2D eigenvalue weighted by molar-refractivity contribution is -0.169. The summed E-state index contributed by atoms with van der Waals surface area (Å²) in [6, 6.07) is 8.86. The van der Waals surface area contributed by atoms with Gasteiger partial charge in [0.05, 0.1) is 6.61 Å². The lowest BCUT2D eigenvalue weighted by Gasteiger charge is -2.38. The molecule has 2 aliphatic rings. The number of nitrogens with zero attached hydrogens (tertiary/aromatic N) is 3. The van der Waals surface area contributed by atoms with Crippen LogP contribution in [-0.4, -0.2) is 29.3 Å². The van der Waals surface area contributed by atoms with Crippen molar-refractivity contribution in [2.75, 3.05) is 6.61 Å². The summed E-state index contributed by atoms with van der Waals surface area (Å²) in [5, 5.41) is 1.58. The number of hydroxylamine groups is 2. The average Bonchev–Trinajstić information content (AvgIpc) is 2.53. The zero-order valence-electron chi connectivity index (χ0n) is 15.4. The summed E-state index contributed by atoms with van der Waals surface area (Å²) >= 11 is 0. The van der Waals surface area contributed by atoms with Crippen LogP contribution in [0.1, 0.15) is 56.6 Å². The van der Waals surface area contributed by atoms with E-state index in [2.05, 4.69) is 41.2 Å². The molecule has 3 rings (SSSR count). The van der Waals surface area contributed by atoms with Crippen LogP contribution >= 0.6 is 0 Å². The minimum atomic E-state index is -0.638. The fourth-order valence-electron chi connectivity index (χ4n) is 3.87. The Hall–Kier alpha value is -2.08. The first-order valence-electron chi connectivity index (χ1n) is 9.04. The van der Waals surface area contributed by atoms with E-state index in [1.165, 1.54) is 30.4 Å². The fraction of sp³-hybridized carbons (Fsp3) is 0.579. The lowest BCUT2D eigenvalue weighted by atomic mass is 9.78. The molecule has 136 valence electrons. The number of nitrogens with two attached hydrogens (primary N) is 2. The van der Waals surface area contributed by atoms with Crippen molar-refractivity contribution in [2.45, 2.75) is 58.0 Å². The van der Waals surface area contributed by atoms with Crippen molar-refractivity contribution in [1.82, 2.24) is 5.06 Å². The summed E-state index contributed by atoms with van der Waals surface area (Å²) in [5.41, 5.74) is 13.8. The standard InChI is InChI=1S/C19H29N5O/c1-13-6-4-8-15(10-13)16-9-5-7-14(11-16)12-25-24-18(21)22-17(20)23-19(24,2)3/h4,6,8,10,14,16H,5,7,9,11-12H2,1-3H3,(H4,20,21,22,23). The maximum Gasteiger partial charge on any atom is 0.226 e. The number of aryl methyl sites for hydroxylation is 1. The zero-order valence-corrected chi connectivity index (χ0v) is 15.4. The molecule has 1 aromatic rings. The SMILES string of the molecule is Cc1cccc(C2CCCC(CON3C(N)=NC(N)=NC3(C)C)C2)c1. The molecule has 25 heavy (non-hydrogen) atoms. The van der Waals surface area contributed by atoms with Crippen molar-refractivity contribution in [3.63, 3.8) is 0 Å². The fourth-order valence-corrected chi connectivity index (χ4v) is 3.87. The second-order valence-electron chi connectivity index (χ2n) is 7.67. The van der Waals surface area contributed by atoms with E-state index in [4.69, 9.17) is 16.3 Å². The highest BCUT2D eigenvalue weighted by Crippen LogP contribution is 2.37. The Morgan fingerprint density at radius 1 is 1.28 bits per heavy atom. The highest BCUT2D eigenvalue weighted by atomic mass is 16.7. The molecular weight excluding hydrogens is 314 g/mol. The Morgan fingerprint density at radius 2 is 2.08 bits per heavy atom. The number of guanidine groups is 2. The first kappa shape index (κ1) is 17.7. The van der Waals surface area contributed by atoms with Gasteiger partial charge in [-0.15, -0.1) is 0 Å². The number of rotatable bonds is 4. The van der Waals surface area contributed by atoms with E-state index < -0.39 is 5.66 Å². The van der Waals surface area contributed by atoms with Gasteiger partial charge in [-0.25, -0.2) is 4.99 Å². The van der Waals surface area contributed by atoms with Gasteiger partial charge >= 0.3 is 0 Å². The highest BCUT2D eigenvalue weighted by molar-refractivity contribution is 5.95. The van der Waals surface area contributed by atoms with E-state index in [1.807, 2.05) is 13.8 Å². The third-order valence-electron chi connectivity index (χ3n) is 5.06. The summed E-state index contributed by atoms with van der Waals surface area (Å²) in [7, 11) is 0. The van der Waals surface area contributed by atoms with Gasteiger partial charge in [-0.2, -0.15) is 10.1 Å². The molecule has 1 saturated carbocycles. The molecule has 1 fully saturated rings. The summed E-state index contributed by atoms with van der Waals surface area (Å²) < 4.78 is 0. The van der Waals surface area contributed by atoms with Crippen LogP contribution in [0.15, 0.2) is 34.3 Å². The average molecular weight is 343 g/mol. The molecule has 1 heterocycles. The van der Waals surface area contributed by atoms with Crippen LogP contribution in [0.4, 0.5) is 0 Å². The Balaban J connectivity index is 1.61. The third-order valence-corrected chi connectivity index (χ3v) is 5.06. The largest absolute Gasteiger partial charge is 0.368 e. The van der Waals surface area contributed by atoms with Crippen LogP contribution in [0.25, 0.3) is 0 Å². The van der Waals surface area contributed by atoms with E-state index in [1.54, 1.807) is 5.06 Å². The molecule has 2 unspecified atom stereocenters. The molecule has 1 aromatic carbocycles. The maximum atomic E-state index is 6.02. The minimum absolute atomic E-state index is 0.194. The number of hydrogen-bond donors (Lipinski definition) is 2. The van der Waals surface area contributed by atoms with Crippen LogP contribution < -0.4 is 11.5 Å². The van der Waals surface area contributed by atoms with Crippen LogP contribution in [0.3, 0.4) is 0 Å². The van der Waals surface area contributed by atoms with Crippen molar-refractivity contribution in [2.24, 2.45) is 27.4 Å². The van der Waals surface area contributed by atoms with Gasteiger partial charge in [0.15, 0.2) is 5.66 Å². The van der Waals surface area contributed by atoms with Crippen molar-refractivity contribution >= 4 is 11.9 Å². The van der Waals surface area contributed by atoms with Crippen LogP contribution in [-0.2, 0) is 4.84 Å². The van der Waals surface area contributed by atoms with Gasteiger partial charge in [-0.1, -0.05) is 36.2 Å². The Kier molecular flexibility index (Phi) is 4.99. The van der Waals surface area contributed by atoms with E-state index in [0.717, 1.165) is 6.42 Å². The lowest BCUT2D eigenvalue weighted by Crippen LogP contribution is -2.54. The molecule has 2 atom stereocenters. The molecule has 0 saturated heterocycles. The molecule has 4 N–H and O–H groups in total. The summed E-state index contributed by atoms with van der Waals surface area (Å²) in [6.07, 6.45) is 4.80. The molecule has 0 amide bonds. The van der Waals surface area contributed by atoms with Crippen LogP contribution in [0.2, 0.25) is 0 Å². The van der Waals surface area contributed by atoms with Gasteiger partial charge in [0, 0.05) is 0 Å². The topological polar surface area (TPSA) is 89.2 Å². The van der Waals surface area contributed by atoms with Gasteiger partial charge < -0.3 is 11.5 Å². The quantitative estimate of drug-likeness (QED) is 0.879. The zero-order chi connectivity index (χ0) is 18.0. The molecular formula is C19H29N5O. The highest BCUT2D eigenvalue weighted by Gasteiger charge is 2.34. The maximum absolute atomic E-state index is 6.02. The van der Waals surface area contributed by atoms with Crippen molar-refractivity contribution in [3.8, 4) is 0 Å². The predicted octanol–water partition coefficient (Wildman–Crippen LogP) is 2.88. The Morgan fingerprint density at radius 3 is 2.80 bits per heavy atom. The van der Waals surface area contributed by atoms with Gasteiger partial charge in [-0.05, 0) is 57.4 Å². The van der Waals surface area contributed by atoms with Gasteiger partial charge in [-0.3, -0.25) is 4.84 Å².